The monoisotopic (exact) mass is 198 g/mol. The van der Waals surface area contributed by atoms with Crippen molar-refractivity contribution in [2.75, 3.05) is 12.3 Å². The molecular formula is C9H8F2N2O. The summed E-state index contributed by atoms with van der Waals surface area (Å²) in [5, 5.41) is 8.59. The minimum Gasteiger partial charge on any atom is -0.485 e. The molecule has 0 heterocycles. The molecule has 14 heavy (non-hydrogen) atoms. The molecule has 0 amide bonds. The number of nitrogen functional groups attached to an aromatic ring is 1. The summed E-state index contributed by atoms with van der Waals surface area (Å²) >= 11 is 0. The summed E-state index contributed by atoms with van der Waals surface area (Å²) in [7, 11) is 0. The number of alkyl halides is 2. The Morgan fingerprint density at radius 3 is 2.79 bits per heavy atom. The number of nitrogens with two attached hydrogens (primary N) is 1. The third-order valence-electron chi connectivity index (χ3n) is 1.55. The molecule has 0 aromatic heterocycles. The molecule has 1 aromatic rings. The Kier molecular flexibility index (Phi) is 3.24. The van der Waals surface area contributed by atoms with Crippen LogP contribution in [0.15, 0.2) is 18.2 Å². The van der Waals surface area contributed by atoms with Crippen LogP contribution in [-0.2, 0) is 0 Å². The third kappa shape index (κ3) is 2.33. The number of ether oxygens (including phenoxy) is 1. The smallest absolute Gasteiger partial charge is 0.272 e. The fourth-order valence-corrected chi connectivity index (χ4v) is 0.920. The zero-order valence-electron chi connectivity index (χ0n) is 7.21. The lowest BCUT2D eigenvalue weighted by molar-refractivity contribution is 0.0823. The number of para-hydroxylation sites is 1. The molecular weight excluding hydrogens is 190 g/mol. The number of nitrogens with zero attached hydrogens (tertiary/aromatic N) is 1. The van der Waals surface area contributed by atoms with Crippen molar-refractivity contribution in [3.8, 4) is 11.8 Å². The molecule has 0 unspecified atom stereocenters. The van der Waals surface area contributed by atoms with Gasteiger partial charge in [0.2, 0.25) is 0 Å². The predicted molar refractivity (Wildman–Crippen MR) is 47.1 cm³/mol. The van der Waals surface area contributed by atoms with Crippen molar-refractivity contribution in [2.45, 2.75) is 6.43 Å². The lowest BCUT2D eigenvalue weighted by Gasteiger charge is -2.08. The molecule has 0 saturated carbocycles. The molecule has 1 aromatic carbocycles. The van der Waals surface area contributed by atoms with Gasteiger partial charge in [-0.1, -0.05) is 6.07 Å². The quantitative estimate of drug-likeness (QED) is 0.753. The second-order valence-electron chi connectivity index (χ2n) is 2.53. The van der Waals surface area contributed by atoms with Crippen molar-refractivity contribution < 1.29 is 13.5 Å². The Hall–Kier alpha value is -1.83. The van der Waals surface area contributed by atoms with E-state index in [0.29, 0.717) is 0 Å². The van der Waals surface area contributed by atoms with Crippen molar-refractivity contribution >= 4 is 5.69 Å². The average molecular weight is 198 g/mol. The summed E-state index contributed by atoms with van der Waals surface area (Å²) in [6, 6.07) is 6.29. The van der Waals surface area contributed by atoms with Gasteiger partial charge in [0, 0.05) is 0 Å². The summed E-state index contributed by atoms with van der Waals surface area (Å²) < 4.78 is 28.3. The highest BCUT2D eigenvalue weighted by Gasteiger charge is 2.08. The van der Waals surface area contributed by atoms with Crippen molar-refractivity contribution in [1.29, 1.82) is 5.26 Å². The predicted octanol–water partition coefficient (Wildman–Crippen LogP) is 1.78. The molecule has 74 valence electrons. The van der Waals surface area contributed by atoms with Gasteiger partial charge < -0.3 is 10.5 Å². The second kappa shape index (κ2) is 4.42. The van der Waals surface area contributed by atoms with E-state index in [0.717, 1.165) is 0 Å². The highest BCUT2D eigenvalue weighted by atomic mass is 19.3. The normalized spacial score (nSPS) is 9.86. The van der Waals surface area contributed by atoms with Crippen LogP contribution in [0, 0.1) is 11.3 Å². The van der Waals surface area contributed by atoms with Crippen LogP contribution in [-0.4, -0.2) is 13.0 Å². The fourth-order valence-electron chi connectivity index (χ4n) is 0.920. The van der Waals surface area contributed by atoms with Crippen LogP contribution in [0.3, 0.4) is 0 Å². The van der Waals surface area contributed by atoms with Crippen molar-refractivity contribution in [3.63, 3.8) is 0 Å². The van der Waals surface area contributed by atoms with Gasteiger partial charge in [0.25, 0.3) is 6.43 Å². The Morgan fingerprint density at radius 1 is 1.50 bits per heavy atom. The summed E-state index contributed by atoms with van der Waals surface area (Å²) in [5.74, 6) is 0.115. The number of rotatable bonds is 3. The van der Waals surface area contributed by atoms with Crippen molar-refractivity contribution in [1.82, 2.24) is 0 Å². The molecule has 3 nitrogen and oxygen atoms in total. The number of hydrogen-bond acceptors (Lipinski definition) is 3. The first kappa shape index (κ1) is 10.3. The zero-order valence-corrected chi connectivity index (χ0v) is 7.21. The first-order valence-corrected chi connectivity index (χ1v) is 3.84. The van der Waals surface area contributed by atoms with Gasteiger partial charge in [0.15, 0.2) is 0 Å². The molecule has 0 fully saturated rings. The van der Waals surface area contributed by atoms with Crippen LogP contribution in [0.1, 0.15) is 5.56 Å². The molecule has 2 N–H and O–H groups in total. The van der Waals surface area contributed by atoms with Crippen LogP contribution >= 0.6 is 0 Å². The molecule has 0 spiro atoms. The van der Waals surface area contributed by atoms with Gasteiger partial charge in [0.05, 0.1) is 11.3 Å². The third-order valence-corrected chi connectivity index (χ3v) is 1.55. The number of hydrogen-bond donors (Lipinski definition) is 1. The highest BCUT2D eigenvalue weighted by molar-refractivity contribution is 5.62. The number of halogens is 2. The number of nitriles is 1. The maximum atomic E-state index is 11.8. The van der Waals surface area contributed by atoms with E-state index in [1.165, 1.54) is 18.2 Å². The SMILES string of the molecule is N#Cc1cccc(OCC(F)F)c1N. The summed E-state index contributed by atoms with van der Waals surface area (Å²) in [6.45, 7) is -0.723. The molecule has 1 rings (SSSR count). The van der Waals surface area contributed by atoms with Crippen LogP contribution in [0.5, 0.6) is 5.75 Å². The fraction of sp³-hybridized carbons (Fsp3) is 0.222. The minimum atomic E-state index is -2.56. The minimum absolute atomic E-state index is 0.0932. The first-order chi connectivity index (χ1) is 6.65. The first-order valence-electron chi connectivity index (χ1n) is 3.84. The lowest BCUT2D eigenvalue weighted by Crippen LogP contribution is -2.08. The Morgan fingerprint density at radius 2 is 2.21 bits per heavy atom. The Labute approximate surface area is 79.7 Å². The molecule has 0 radical (unpaired) electrons. The molecule has 0 aliphatic carbocycles. The molecule has 5 heteroatoms. The molecule has 0 aliphatic rings. The van der Waals surface area contributed by atoms with Gasteiger partial charge in [-0.05, 0) is 12.1 Å². The molecule has 0 bridgehead atoms. The van der Waals surface area contributed by atoms with E-state index in [4.69, 9.17) is 15.7 Å². The maximum absolute atomic E-state index is 11.8. The molecule has 0 atom stereocenters. The Balaban J connectivity index is 2.83. The van der Waals surface area contributed by atoms with Crippen molar-refractivity contribution in [3.05, 3.63) is 23.8 Å². The second-order valence-corrected chi connectivity index (χ2v) is 2.53. The van der Waals surface area contributed by atoms with Gasteiger partial charge in [-0.2, -0.15) is 5.26 Å². The van der Waals surface area contributed by atoms with Crippen LogP contribution < -0.4 is 10.5 Å². The van der Waals surface area contributed by atoms with Gasteiger partial charge in [0.1, 0.15) is 18.4 Å². The van der Waals surface area contributed by atoms with Crippen LogP contribution in [0.4, 0.5) is 14.5 Å². The van der Waals surface area contributed by atoms with E-state index in [1.54, 1.807) is 0 Å². The van der Waals surface area contributed by atoms with Crippen LogP contribution in [0.25, 0.3) is 0 Å². The van der Waals surface area contributed by atoms with Crippen molar-refractivity contribution in [2.24, 2.45) is 0 Å². The van der Waals surface area contributed by atoms with E-state index in [1.807, 2.05) is 6.07 Å². The standard InChI is InChI=1S/C9H8F2N2O/c10-8(11)5-14-7-3-1-2-6(4-12)9(7)13/h1-3,8H,5,13H2. The van der Waals surface area contributed by atoms with E-state index in [2.05, 4.69) is 0 Å². The molecule has 0 saturated heterocycles. The number of benzene rings is 1. The summed E-state index contributed by atoms with van der Waals surface area (Å²) in [6.07, 6.45) is -2.56. The molecule has 0 aliphatic heterocycles. The van der Waals surface area contributed by atoms with Crippen LogP contribution in [0.2, 0.25) is 0 Å². The number of anilines is 1. The Bertz CT molecular complexity index is 360. The van der Waals surface area contributed by atoms with E-state index in [9.17, 15) is 8.78 Å². The summed E-state index contributed by atoms with van der Waals surface area (Å²) in [4.78, 5) is 0. The maximum Gasteiger partial charge on any atom is 0.272 e. The topological polar surface area (TPSA) is 59.0 Å². The van der Waals surface area contributed by atoms with E-state index >= 15 is 0 Å². The zero-order chi connectivity index (χ0) is 10.6. The lowest BCUT2D eigenvalue weighted by atomic mass is 10.2. The highest BCUT2D eigenvalue weighted by Crippen LogP contribution is 2.24. The van der Waals surface area contributed by atoms with Gasteiger partial charge in [-0.15, -0.1) is 0 Å². The largest absolute Gasteiger partial charge is 0.485 e. The van der Waals surface area contributed by atoms with E-state index in [-0.39, 0.29) is 17.0 Å². The van der Waals surface area contributed by atoms with E-state index < -0.39 is 13.0 Å². The average Bonchev–Trinajstić information content (AvgIpc) is 2.16. The van der Waals surface area contributed by atoms with Gasteiger partial charge >= 0.3 is 0 Å². The summed E-state index contributed by atoms with van der Waals surface area (Å²) in [5.41, 5.74) is 5.80. The van der Waals surface area contributed by atoms with Gasteiger partial charge in [-0.3, -0.25) is 0 Å². The van der Waals surface area contributed by atoms with Gasteiger partial charge in [-0.25, -0.2) is 8.78 Å².